The van der Waals surface area contributed by atoms with Crippen LogP contribution in [-0.4, -0.2) is 27.1 Å². The Morgan fingerprint density at radius 3 is 1.97 bits per heavy atom. The van der Waals surface area contributed by atoms with Gasteiger partial charge in [-0.3, -0.25) is 9.36 Å². The Hall–Kier alpha value is -0.910. The number of halogens is 1. The first-order chi connectivity index (χ1) is 15.7. The molecule has 0 aromatic heterocycles. The van der Waals surface area contributed by atoms with E-state index in [2.05, 4.69) is 6.92 Å². The minimum Gasteiger partial charge on any atom is -0.445 e. The predicted molar refractivity (Wildman–Crippen MR) is 142 cm³/mol. The van der Waals surface area contributed by atoms with Gasteiger partial charge in [-0.15, -0.1) is 12.4 Å². The Kier molecular flexibility index (Phi) is 17.0. The molecule has 0 radical (unpaired) electrons. The molecule has 0 aliphatic carbocycles. The molecule has 1 rings (SSSR count). The normalized spacial score (nSPS) is 15.1. The van der Waals surface area contributed by atoms with Gasteiger partial charge in [-0.2, -0.15) is 0 Å². The summed E-state index contributed by atoms with van der Waals surface area (Å²) in [6, 6.07) is 8.34. The molecule has 2 unspecified atom stereocenters. The second-order valence-electron chi connectivity index (χ2n) is 9.42. The molecule has 0 aliphatic heterocycles. The van der Waals surface area contributed by atoms with Crippen LogP contribution in [-0.2, 0) is 20.5 Å². The zero-order valence-electron chi connectivity index (χ0n) is 21.3. The largest absolute Gasteiger partial charge is 0.445 e. The third kappa shape index (κ3) is 11.7. The van der Waals surface area contributed by atoms with E-state index >= 15 is 0 Å². The lowest BCUT2D eigenvalue weighted by Crippen LogP contribution is -2.45. The van der Waals surface area contributed by atoms with Gasteiger partial charge in [0.1, 0.15) is 6.04 Å². The molecule has 0 spiro atoms. The van der Waals surface area contributed by atoms with E-state index in [1.165, 1.54) is 39.0 Å². The summed E-state index contributed by atoms with van der Waals surface area (Å²) in [5, 5.41) is -1.87. The van der Waals surface area contributed by atoms with Crippen LogP contribution in [0, 0.1) is 5.92 Å². The molecule has 8 heteroatoms. The fourth-order valence-electron chi connectivity index (χ4n) is 4.27. The van der Waals surface area contributed by atoms with E-state index in [1.807, 2.05) is 37.3 Å². The highest BCUT2D eigenvalue weighted by atomic mass is 35.5. The summed E-state index contributed by atoms with van der Waals surface area (Å²) in [7, 11) is -4.73. The lowest BCUT2D eigenvalue weighted by atomic mass is 9.90. The molecule has 1 aromatic rings. The topological polar surface area (TPSA) is 110 Å². The average molecular weight is 520 g/mol. The number of benzene rings is 1. The first-order valence-electron chi connectivity index (χ1n) is 12.7. The summed E-state index contributed by atoms with van der Waals surface area (Å²) in [5.74, 6) is -1.17. The van der Waals surface area contributed by atoms with Crippen LogP contribution in [0.5, 0.6) is 0 Å². The van der Waals surface area contributed by atoms with Gasteiger partial charge in [-0.25, -0.2) is 0 Å². The summed E-state index contributed by atoms with van der Waals surface area (Å²) in [6.07, 6.45) is 12.4. The zero-order chi connectivity index (χ0) is 24.7. The maximum atomic E-state index is 12.8. The number of hydrogen-bond acceptors (Lipinski definition) is 4. The molecule has 0 aliphatic rings. The van der Waals surface area contributed by atoms with Crippen molar-refractivity contribution in [3.8, 4) is 0 Å². The smallest absolute Gasteiger partial charge is 0.368 e. The number of ether oxygens (including phenoxy) is 1. The summed E-state index contributed by atoms with van der Waals surface area (Å²) in [4.78, 5) is 33.3. The van der Waals surface area contributed by atoms with Gasteiger partial charge >= 0.3 is 13.6 Å². The van der Waals surface area contributed by atoms with Crippen molar-refractivity contribution in [1.29, 1.82) is 0 Å². The van der Waals surface area contributed by atoms with Gasteiger partial charge in [0.2, 0.25) is 5.34 Å². The average Bonchev–Trinajstić information content (AvgIpc) is 2.77. The van der Waals surface area contributed by atoms with Crippen LogP contribution >= 0.6 is 20.0 Å². The Morgan fingerprint density at radius 2 is 1.44 bits per heavy atom. The lowest BCUT2D eigenvalue weighted by molar-refractivity contribution is -0.158. The van der Waals surface area contributed by atoms with Crippen molar-refractivity contribution in [2.24, 2.45) is 11.7 Å². The van der Waals surface area contributed by atoms with Crippen LogP contribution in [0.2, 0.25) is 0 Å². The van der Waals surface area contributed by atoms with Crippen LogP contribution < -0.4 is 5.73 Å². The molecule has 0 saturated carbocycles. The number of unbranched alkanes of at least 4 members (excludes halogenated alkanes) is 8. The molecule has 0 amide bonds. The molecular formula is C26H47ClNO5P. The van der Waals surface area contributed by atoms with E-state index in [9.17, 15) is 19.1 Å². The molecule has 198 valence electrons. The highest BCUT2D eigenvalue weighted by Gasteiger charge is 2.52. The molecular weight excluding hydrogens is 473 g/mol. The third-order valence-corrected chi connectivity index (χ3v) is 8.17. The highest BCUT2D eigenvalue weighted by molar-refractivity contribution is 7.53. The third-order valence-electron chi connectivity index (χ3n) is 6.56. The first kappa shape index (κ1) is 33.1. The minimum atomic E-state index is -4.73. The molecule has 1 aromatic carbocycles. The lowest BCUT2D eigenvalue weighted by Gasteiger charge is -2.38. The van der Waals surface area contributed by atoms with E-state index < -0.39 is 30.9 Å². The van der Waals surface area contributed by atoms with E-state index in [0.29, 0.717) is 12.8 Å². The maximum Gasteiger partial charge on any atom is 0.368 e. The van der Waals surface area contributed by atoms with Gasteiger partial charge in [0.05, 0.1) is 0 Å². The number of hydrogen-bond donors (Lipinski definition) is 3. The molecule has 34 heavy (non-hydrogen) atoms. The Bertz CT molecular complexity index is 714. The number of carbonyl (C=O) groups is 1. The maximum absolute atomic E-state index is 12.8. The van der Waals surface area contributed by atoms with Crippen molar-refractivity contribution in [2.45, 2.75) is 116 Å². The summed E-state index contributed by atoms with van der Waals surface area (Å²) < 4.78 is 18.2. The van der Waals surface area contributed by atoms with Crippen LogP contribution in [0.15, 0.2) is 30.3 Å². The Morgan fingerprint density at radius 1 is 0.941 bits per heavy atom. The number of carbonyl (C=O) groups excluding carboxylic acids is 1. The van der Waals surface area contributed by atoms with E-state index in [4.69, 9.17) is 10.5 Å². The monoisotopic (exact) mass is 519 g/mol. The number of rotatable bonds is 18. The highest BCUT2D eigenvalue weighted by Crippen LogP contribution is 2.57. The number of nitrogens with two attached hydrogens (primary N) is 1. The molecule has 0 bridgehead atoms. The minimum absolute atomic E-state index is 0. The molecule has 0 fully saturated rings. The van der Waals surface area contributed by atoms with Gasteiger partial charge in [-0.1, -0.05) is 108 Å². The Labute approximate surface area is 213 Å². The number of esters is 1. The summed E-state index contributed by atoms with van der Waals surface area (Å²) in [5.41, 5.74) is 6.94. The zero-order valence-corrected chi connectivity index (χ0v) is 23.0. The van der Waals surface area contributed by atoms with Crippen molar-refractivity contribution in [2.75, 3.05) is 0 Å². The van der Waals surface area contributed by atoms with Crippen LogP contribution in [0.1, 0.15) is 103 Å². The van der Waals surface area contributed by atoms with Crippen molar-refractivity contribution in [1.82, 2.24) is 0 Å². The van der Waals surface area contributed by atoms with Gasteiger partial charge in [0.15, 0.2) is 0 Å². The van der Waals surface area contributed by atoms with E-state index in [-0.39, 0.29) is 18.8 Å². The van der Waals surface area contributed by atoms with E-state index in [1.54, 1.807) is 0 Å². The molecule has 0 saturated heterocycles. The van der Waals surface area contributed by atoms with Crippen molar-refractivity contribution >= 4 is 26.0 Å². The SMILES string of the molecule is CCCCCCCCCCC(CCCC)C(C)(OC(=O)[C@@H](N)Cc1ccccc1)P(=O)(O)O.Cl. The summed E-state index contributed by atoms with van der Waals surface area (Å²) in [6.45, 7) is 5.64. The van der Waals surface area contributed by atoms with Crippen LogP contribution in [0.4, 0.5) is 0 Å². The molecule has 4 N–H and O–H groups in total. The second kappa shape index (κ2) is 17.5. The molecule has 0 heterocycles. The summed E-state index contributed by atoms with van der Waals surface area (Å²) >= 11 is 0. The van der Waals surface area contributed by atoms with Crippen molar-refractivity contribution < 1.29 is 23.9 Å². The van der Waals surface area contributed by atoms with Crippen LogP contribution in [0.3, 0.4) is 0 Å². The molecule has 3 atom stereocenters. The quantitative estimate of drug-likeness (QED) is 0.112. The Balaban J connectivity index is 0.0000109. The molecule has 6 nitrogen and oxygen atoms in total. The predicted octanol–water partition coefficient (Wildman–Crippen LogP) is 6.75. The van der Waals surface area contributed by atoms with Gasteiger partial charge in [0, 0.05) is 5.92 Å². The van der Waals surface area contributed by atoms with Crippen LogP contribution in [0.25, 0.3) is 0 Å². The second-order valence-corrected chi connectivity index (χ2v) is 11.4. The van der Waals surface area contributed by atoms with Gasteiger partial charge < -0.3 is 20.3 Å². The van der Waals surface area contributed by atoms with Gasteiger partial charge in [0.25, 0.3) is 0 Å². The fourth-order valence-corrected chi connectivity index (χ4v) is 5.21. The van der Waals surface area contributed by atoms with E-state index in [0.717, 1.165) is 37.7 Å². The first-order valence-corrected chi connectivity index (χ1v) is 14.3. The van der Waals surface area contributed by atoms with Crippen molar-refractivity contribution in [3.05, 3.63) is 35.9 Å². The van der Waals surface area contributed by atoms with Gasteiger partial charge in [-0.05, 0) is 31.7 Å². The standard InChI is InChI=1S/C26H46NO5P.ClH/c1-4-6-8-9-10-11-12-16-20-23(19-7-5-2)26(3,33(29,30)31)32-25(28)24(27)21-22-17-14-13-15-18-22;/h13-15,17-18,23-24H,4-12,16,19-21,27H2,1-3H3,(H2,29,30,31);1H/t23?,24-,26?;/m0./s1. The fraction of sp³-hybridized carbons (Fsp3) is 0.731. The van der Waals surface area contributed by atoms with Crippen molar-refractivity contribution in [3.63, 3.8) is 0 Å².